The molecule has 0 saturated carbocycles. The Morgan fingerprint density at radius 3 is 3.00 bits per heavy atom. The fourth-order valence-corrected chi connectivity index (χ4v) is 1.97. The summed E-state index contributed by atoms with van der Waals surface area (Å²) in [5.41, 5.74) is 0.114. The first kappa shape index (κ1) is 9.00. The standard InChI is InChI=1S/C10H18N2O/c1-8-10(2,5-7-13-8)12-9-4-3-6-11-9/h8H,3-7H2,1-2H3,(H,11,12). The van der Waals surface area contributed by atoms with Crippen LogP contribution < -0.4 is 5.32 Å². The van der Waals surface area contributed by atoms with Gasteiger partial charge in [0.15, 0.2) is 0 Å². The number of nitrogens with zero attached hydrogens (tertiary/aromatic N) is 1. The number of amidine groups is 1. The number of aliphatic imine (C=N–C) groups is 1. The second-order valence-corrected chi connectivity index (χ2v) is 4.24. The summed E-state index contributed by atoms with van der Waals surface area (Å²) in [5.74, 6) is 1.18. The molecule has 0 aromatic heterocycles. The molecule has 0 radical (unpaired) electrons. The molecule has 2 atom stereocenters. The molecule has 74 valence electrons. The fourth-order valence-electron chi connectivity index (χ4n) is 1.97. The first-order valence-electron chi connectivity index (χ1n) is 5.14. The van der Waals surface area contributed by atoms with Crippen molar-refractivity contribution >= 4 is 5.84 Å². The maximum atomic E-state index is 5.56. The third-order valence-electron chi connectivity index (χ3n) is 3.19. The fraction of sp³-hybridized carbons (Fsp3) is 0.900. The highest BCUT2D eigenvalue weighted by atomic mass is 16.5. The third-order valence-corrected chi connectivity index (χ3v) is 3.19. The summed E-state index contributed by atoms with van der Waals surface area (Å²) in [5, 5.41) is 3.53. The topological polar surface area (TPSA) is 33.6 Å². The first-order chi connectivity index (χ1) is 6.21. The molecule has 1 fully saturated rings. The second-order valence-electron chi connectivity index (χ2n) is 4.24. The van der Waals surface area contributed by atoms with Gasteiger partial charge < -0.3 is 10.1 Å². The molecule has 13 heavy (non-hydrogen) atoms. The molecule has 2 rings (SSSR count). The van der Waals surface area contributed by atoms with Crippen molar-refractivity contribution in [3.8, 4) is 0 Å². The summed E-state index contributed by atoms with van der Waals surface area (Å²) < 4.78 is 5.56. The smallest absolute Gasteiger partial charge is 0.0968 e. The van der Waals surface area contributed by atoms with E-state index >= 15 is 0 Å². The highest BCUT2D eigenvalue weighted by Crippen LogP contribution is 2.25. The zero-order chi connectivity index (χ0) is 9.31. The predicted molar refractivity (Wildman–Crippen MR) is 53.1 cm³/mol. The average Bonchev–Trinajstić information content (AvgIpc) is 2.65. The molecule has 3 nitrogen and oxygen atoms in total. The van der Waals surface area contributed by atoms with Crippen molar-refractivity contribution in [3.05, 3.63) is 0 Å². The molecule has 2 aliphatic rings. The minimum atomic E-state index is 0.114. The largest absolute Gasteiger partial charge is 0.376 e. The summed E-state index contributed by atoms with van der Waals surface area (Å²) in [6.45, 7) is 6.23. The van der Waals surface area contributed by atoms with Crippen LogP contribution in [0, 0.1) is 0 Å². The summed E-state index contributed by atoms with van der Waals surface area (Å²) in [6.07, 6.45) is 3.71. The van der Waals surface area contributed by atoms with Crippen molar-refractivity contribution in [2.45, 2.75) is 44.8 Å². The maximum Gasteiger partial charge on any atom is 0.0968 e. The van der Waals surface area contributed by atoms with Crippen molar-refractivity contribution < 1.29 is 4.74 Å². The molecule has 2 aliphatic heterocycles. The van der Waals surface area contributed by atoms with Crippen LogP contribution in [0.15, 0.2) is 4.99 Å². The van der Waals surface area contributed by atoms with Gasteiger partial charge in [0, 0.05) is 19.6 Å². The SMILES string of the molecule is CC1OCCC1(C)NC1=NCCC1. The molecule has 0 amide bonds. The van der Waals surface area contributed by atoms with Crippen molar-refractivity contribution in [2.75, 3.05) is 13.2 Å². The van der Waals surface area contributed by atoms with E-state index in [0.717, 1.165) is 26.0 Å². The summed E-state index contributed by atoms with van der Waals surface area (Å²) in [6, 6.07) is 0. The van der Waals surface area contributed by atoms with E-state index in [0.29, 0.717) is 6.10 Å². The normalized spacial score (nSPS) is 39.2. The van der Waals surface area contributed by atoms with Crippen LogP contribution in [0.1, 0.15) is 33.1 Å². The molecule has 0 aromatic carbocycles. The lowest BCUT2D eigenvalue weighted by Crippen LogP contribution is -2.50. The molecule has 0 spiro atoms. The van der Waals surface area contributed by atoms with Gasteiger partial charge in [0.05, 0.1) is 17.5 Å². The molecule has 0 aromatic rings. The highest BCUT2D eigenvalue weighted by Gasteiger charge is 2.37. The molecule has 0 aliphatic carbocycles. The van der Waals surface area contributed by atoms with Crippen molar-refractivity contribution in [1.82, 2.24) is 5.32 Å². The Bertz CT molecular complexity index is 227. The van der Waals surface area contributed by atoms with Crippen LogP contribution in [0.4, 0.5) is 0 Å². The van der Waals surface area contributed by atoms with E-state index in [1.54, 1.807) is 0 Å². The minimum Gasteiger partial charge on any atom is -0.376 e. The molecule has 1 N–H and O–H groups in total. The zero-order valence-corrected chi connectivity index (χ0v) is 8.47. The van der Waals surface area contributed by atoms with Crippen molar-refractivity contribution in [2.24, 2.45) is 4.99 Å². The Kier molecular flexibility index (Phi) is 2.28. The third kappa shape index (κ3) is 1.70. The van der Waals surface area contributed by atoms with Crippen LogP contribution in [0.3, 0.4) is 0 Å². The Morgan fingerprint density at radius 1 is 1.62 bits per heavy atom. The Balaban J connectivity index is 1.99. The number of hydrogen-bond acceptors (Lipinski definition) is 3. The predicted octanol–water partition coefficient (Wildman–Crippen LogP) is 1.34. The summed E-state index contributed by atoms with van der Waals surface area (Å²) in [7, 11) is 0. The monoisotopic (exact) mass is 182 g/mol. The number of ether oxygens (including phenoxy) is 1. The number of rotatable bonds is 1. The van der Waals surface area contributed by atoms with Crippen LogP contribution in [0.25, 0.3) is 0 Å². The van der Waals surface area contributed by atoms with E-state index in [2.05, 4.69) is 24.2 Å². The van der Waals surface area contributed by atoms with Crippen LogP contribution in [-0.2, 0) is 4.74 Å². The molecule has 1 saturated heterocycles. The van der Waals surface area contributed by atoms with E-state index in [-0.39, 0.29) is 5.54 Å². The molecule has 0 bridgehead atoms. The number of hydrogen-bond donors (Lipinski definition) is 1. The molecule has 2 unspecified atom stereocenters. The lowest BCUT2D eigenvalue weighted by molar-refractivity contribution is 0.0947. The van der Waals surface area contributed by atoms with Crippen LogP contribution in [-0.4, -0.2) is 30.6 Å². The number of nitrogens with one attached hydrogen (secondary N) is 1. The van der Waals surface area contributed by atoms with Gasteiger partial charge in [-0.1, -0.05) is 0 Å². The Morgan fingerprint density at radius 2 is 2.46 bits per heavy atom. The Hall–Kier alpha value is -0.570. The van der Waals surface area contributed by atoms with E-state index in [9.17, 15) is 0 Å². The quantitative estimate of drug-likeness (QED) is 0.664. The summed E-state index contributed by atoms with van der Waals surface area (Å²) in [4.78, 5) is 4.43. The molecular weight excluding hydrogens is 164 g/mol. The van der Waals surface area contributed by atoms with E-state index < -0.39 is 0 Å². The van der Waals surface area contributed by atoms with Gasteiger partial charge >= 0.3 is 0 Å². The molecular formula is C10H18N2O. The summed E-state index contributed by atoms with van der Waals surface area (Å²) >= 11 is 0. The maximum absolute atomic E-state index is 5.56. The van der Waals surface area contributed by atoms with Crippen LogP contribution in [0.2, 0.25) is 0 Å². The molecule has 3 heteroatoms. The van der Waals surface area contributed by atoms with Gasteiger partial charge in [0.2, 0.25) is 0 Å². The van der Waals surface area contributed by atoms with Crippen molar-refractivity contribution in [1.29, 1.82) is 0 Å². The van der Waals surface area contributed by atoms with Crippen molar-refractivity contribution in [3.63, 3.8) is 0 Å². The lowest BCUT2D eigenvalue weighted by Gasteiger charge is -2.29. The Labute approximate surface area is 79.6 Å². The average molecular weight is 182 g/mol. The van der Waals surface area contributed by atoms with E-state index in [1.165, 1.54) is 12.3 Å². The van der Waals surface area contributed by atoms with Gasteiger partial charge in [-0.3, -0.25) is 4.99 Å². The van der Waals surface area contributed by atoms with Gasteiger partial charge in [0.1, 0.15) is 0 Å². The highest BCUT2D eigenvalue weighted by molar-refractivity contribution is 5.84. The van der Waals surface area contributed by atoms with Gasteiger partial charge in [-0.2, -0.15) is 0 Å². The van der Waals surface area contributed by atoms with E-state index in [1.807, 2.05) is 0 Å². The van der Waals surface area contributed by atoms with Crippen LogP contribution >= 0.6 is 0 Å². The van der Waals surface area contributed by atoms with E-state index in [4.69, 9.17) is 4.74 Å². The van der Waals surface area contributed by atoms with Gasteiger partial charge in [-0.15, -0.1) is 0 Å². The minimum absolute atomic E-state index is 0.114. The van der Waals surface area contributed by atoms with Gasteiger partial charge in [-0.05, 0) is 26.7 Å². The van der Waals surface area contributed by atoms with Gasteiger partial charge in [-0.25, -0.2) is 0 Å². The van der Waals surface area contributed by atoms with Crippen LogP contribution in [0.5, 0.6) is 0 Å². The zero-order valence-electron chi connectivity index (χ0n) is 8.47. The van der Waals surface area contributed by atoms with Gasteiger partial charge in [0.25, 0.3) is 0 Å². The molecule has 2 heterocycles. The lowest BCUT2D eigenvalue weighted by atomic mass is 9.94. The first-order valence-corrected chi connectivity index (χ1v) is 5.14. The second kappa shape index (κ2) is 3.29.